The van der Waals surface area contributed by atoms with E-state index in [9.17, 15) is 22.8 Å². The van der Waals surface area contributed by atoms with E-state index in [0.29, 0.717) is 37.7 Å². The number of anilines is 2. The molecule has 0 spiro atoms. The van der Waals surface area contributed by atoms with E-state index in [1.807, 2.05) is 64.4 Å². The highest BCUT2D eigenvalue weighted by molar-refractivity contribution is 5.63. The molecule has 3 aromatic carbocycles. The Bertz CT molecular complexity index is 1460. The first-order valence-corrected chi connectivity index (χ1v) is 11.9. The lowest BCUT2D eigenvalue weighted by atomic mass is 10.0. The Labute approximate surface area is 211 Å². The number of H-pyrrole nitrogens is 1. The minimum atomic E-state index is -4.40. The summed E-state index contributed by atoms with van der Waals surface area (Å²) in [7, 11) is 0. The van der Waals surface area contributed by atoms with Gasteiger partial charge in [0.25, 0.3) is 5.56 Å². The van der Waals surface area contributed by atoms with Crippen LogP contribution in [0.2, 0.25) is 0 Å². The maximum atomic E-state index is 13.1. The average Bonchev–Trinajstić information content (AvgIpc) is 2.91. The van der Waals surface area contributed by atoms with Gasteiger partial charge in [-0.1, -0.05) is 60.7 Å². The van der Waals surface area contributed by atoms with E-state index in [2.05, 4.69) is 4.98 Å². The van der Waals surface area contributed by atoms with Crippen LogP contribution in [0.3, 0.4) is 0 Å². The van der Waals surface area contributed by atoms with Crippen LogP contribution in [0.1, 0.15) is 11.1 Å². The fourth-order valence-electron chi connectivity index (χ4n) is 4.53. The van der Waals surface area contributed by atoms with E-state index in [4.69, 9.17) is 0 Å². The van der Waals surface area contributed by atoms with Crippen LogP contribution in [0.25, 0.3) is 11.1 Å². The van der Waals surface area contributed by atoms with Gasteiger partial charge in [0.2, 0.25) is 0 Å². The van der Waals surface area contributed by atoms with Crippen LogP contribution >= 0.6 is 0 Å². The maximum absolute atomic E-state index is 13.1. The second-order valence-electron chi connectivity index (χ2n) is 8.97. The zero-order valence-corrected chi connectivity index (χ0v) is 19.9. The van der Waals surface area contributed by atoms with Crippen molar-refractivity contribution in [1.29, 1.82) is 0 Å². The smallest absolute Gasteiger partial charge is 0.368 e. The minimum Gasteiger partial charge on any atom is -0.368 e. The van der Waals surface area contributed by atoms with Gasteiger partial charge in [-0.3, -0.25) is 14.3 Å². The molecule has 9 heteroatoms. The number of piperazine rings is 1. The van der Waals surface area contributed by atoms with Gasteiger partial charge in [0.05, 0.1) is 12.1 Å². The lowest BCUT2D eigenvalue weighted by Crippen LogP contribution is -2.48. The highest BCUT2D eigenvalue weighted by Gasteiger charge is 2.31. The van der Waals surface area contributed by atoms with Gasteiger partial charge in [0.15, 0.2) is 0 Å². The number of nitrogens with one attached hydrogen (secondary N) is 1. The zero-order valence-electron chi connectivity index (χ0n) is 19.9. The number of alkyl halides is 3. The van der Waals surface area contributed by atoms with E-state index in [0.717, 1.165) is 33.4 Å². The van der Waals surface area contributed by atoms with Gasteiger partial charge in [-0.15, -0.1) is 0 Å². The zero-order chi connectivity index (χ0) is 26.0. The van der Waals surface area contributed by atoms with Crippen molar-refractivity contribution in [1.82, 2.24) is 9.55 Å². The van der Waals surface area contributed by atoms with Gasteiger partial charge >= 0.3 is 11.9 Å². The van der Waals surface area contributed by atoms with E-state index < -0.39 is 23.0 Å². The quantitative estimate of drug-likeness (QED) is 0.430. The van der Waals surface area contributed by atoms with Crippen LogP contribution in [0.15, 0.2) is 94.5 Å². The van der Waals surface area contributed by atoms with Gasteiger partial charge in [0, 0.05) is 37.9 Å². The summed E-state index contributed by atoms with van der Waals surface area (Å²) in [6.45, 7) is 1.97. The van der Waals surface area contributed by atoms with Gasteiger partial charge < -0.3 is 9.80 Å². The number of hydrogen-bond donors (Lipinski definition) is 1. The fraction of sp³-hybridized carbons (Fsp3) is 0.214. The van der Waals surface area contributed by atoms with E-state index in [1.165, 1.54) is 12.1 Å². The van der Waals surface area contributed by atoms with Crippen LogP contribution in [0.4, 0.5) is 24.7 Å². The van der Waals surface area contributed by atoms with Gasteiger partial charge in [-0.25, -0.2) is 4.79 Å². The minimum absolute atomic E-state index is 0.146. The summed E-state index contributed by atoms with van der Waals surface area (Å²) in [6.07, 6.45) is -4.40. The Kier molecular flexibility index (Phi) is 6.60. The summed E-state index contributed by atoms with van der Waals surface area (Å²) in [5.74, 6) is 0.411. The molecule has 1 N–H and O–H groups in total. The predicted molar refractivity (Wildman–Crippen MR) is 138 cm³/mol. The molecular weight excluding hydrogens is 481 g/mol. The molecular formula is C28H25F3N4O2. The van der Waals surface area contributed by atoms with Crippen LogP contribution in [-0.2, 0) is 12.7 Å². The summed E-state index contributed by atoms with van der Waals surface area (Å²) in [6, 6.07) is 24.3. The fourth-order valence-corrected chi connectivity index (χ4v) is 4.53. The number of aromatic amines is 1. The largest absolute Gasteiger partial charge is 0.416 e. The lowest BCUT2D eigenvalue weighted by Gasteiger charge is -2.37. The molecule has 1 aliphatic rings. The summed E-state index contributed by atoms with van der Waals surface area (Å²) in [5.41, 5.74) is 1.86. The predicted octanol–water partition coefficient (Wildman–Crippen LogP) is 4.60. The molecule has 0 saturated carbocycles. The third-order valence-corrected chi connectivity index (χ3v) is 6.57. The molecule has 1 saturated heterocycles. The summed E-state index contributed by atoms with van der Waals surface area (Å²) < 4.78 is 40.3. The number of aromatic nitrogens is 2. The molecule has 0 atom stereocenters. The molecule has 4 aromatic rings. The Balaban J connectivity index is 1.26. The van der Waals surface area contributed by atoms with Crippen molar-refractivity contribution in [3.8, 4) is 11.1 Å². The molecule has 0 radical (unpaired) electrons. The summed E-state index contributed by atoms with van der Waals surface area (Å²) in [5, 5.41) is 0. The third kappa shape index (κ3) is 5.45. The molecule has 0 unspecified atom stereocenters. The van der Waals surface area contributed by atoms with Crippen molar-refractivity contribution in [3.05, 3.63) is 117 Å². The average molecular weight is 507 g/mol. The van der Waals surface area contributed by atoms with Gasteiger partial charge in [0.1, 0.15) is 5.82 Å². The SMILES string of the molecule is O=c1cc(N2CCN(c3cccc(C(F)(F)F)c3)CC2)[nH]c(=O)n1Cc1ccc(-c2ccccc2)cc1. The molecule has 1 fully saturated rings. The molecule has 190 valence electrons. The molecule has 6 nitrogen and oxygen atoms in total. The molecule has 37 heavy (non-hydrogen) atoms. The number of halogens is 3. The second-order valence-corrected chi connectivity index (χ2v) is 8.97. The van der Waals surface area contributed by atoms with Crippen LogP contribution in [0.5, 0.6) is 0 Å². The highest BCUT2D eigenvalue weighted by atomic mass is 19.4. The molecule has 0 aliphatic carbocycles. The number of benzene rings is 3. The molecule has 2 heterocycles. The Morgan fingerprint density at radius 1 is 0.730 bits per heavy atom. The summed E-state index contributed by atoms with van der Waals surface area (Å²) >= 11 is 0. The van der Waals surface area contributed by atoms with E-state index in [1.54, 1.807) is 6.07 Å². The van der Waals surface area contributed by atoms with E-state index in [-0.39, 0.29) is 6.54 Å². The molecule has 1 aromatic heterocycles. The van der Waals surface area contributed by atoms with Gasteiger partial charge in [-0.2, -0.15) is 13.2 Å². The van der Waals surface area contributed by atoms with Crippen molar-refractivity contribution in [2.45, 2.75) is 12.7 Å². The van der Waals surface area contributed by atoms with Crippen molar-refractivity contribution in [3.63, 3.8) is 0 Å². The van der Waals surface area contributed by atoms with E-state index >= 15 is 0 Å². The maximum Gasteiger partial charge on any atom is 0.416 e. The molecule has 5 rings (SSSR count). The number of rotatable bonds is 5. The first-order chi connectivity index (χ1) is 17.8. The number of nitrogens with zero attached hydrogens (tertiary/aromatic N) is 3. The molecule has 1 aliphatic heterocycles. The number of hydrogen-bond acceptors (Lipinski definition) is 4. The monoisotopic (exact) mass is 506 g/mol. The van der Waals surface area contributed by atoms with Crippen LogP contribution < -0.4 is 21.0 Å². The van der Waals surface area contributed by atoms with Crippen molar-refractivity contribution in [2.24, 2.45) is 0 Å². The lowest BCUT2D eigenvalue weighted by molar-refractivity contribution is -0.137. The summed E-state index contributed by atoms with van der Waals surface area (Å²) in [4.78, 5) is 32.1. The Morgan fingerprint density at radius 2 is 1.38 bits per heavy atom. The standard InChI is InChI=1S/C28H25F3N4O2/c29-28(30,31)23-7-4-8-24(17-23)33-13-15-34(16-14-33)25-18-26(36)35(27(37)32-25)19-20-9-11-22(12-10-20)21-5-2-1-3-6-21/h1-12,17-18H,13-16,19H2,(H,32,37). The highest BCUT2D eigenvalue weighted by Crippen LogP contribution is 2.32. The van der Waals surface area contributed by atoms with Crippen LogP contribution in [0, 0.1) is 0 Å². The van der Waals surface area contributed by atoms with Crippen molar-refractivity contribution in [2.75, 3.05) is 36.0 Å². The third-order valence-electron chi connectivity index (χ3n) is 6.57. The van der Waals surface area contributed by atoms with Crippen molar-refractivity contribution >= 4 is 11.5 Å². The Morgan fingerprint density at radius 3 is 2.03 bits per heavy atom. The molecule has 0 amide bonds. The Hall–Kier alpha value is -4.27. The topological polar surface area (TPSA) is 61.3 Å². The first-order valence-electron chi connectivity index (χ1n) is 11.9. The normalized spacial score (nSPS) is 14.1. The van der Waals surface area contributed by atoms with Crippen LogP contribution in [-0.4, -0.2) is 35.7 Å². The molecule has 0 bridgehead atoms. The second kappa shape index (κ2) is 10.0. The van der Waals surface area contributed by atoms with Crippen molar-refractivity contribution < 1.29 is 13.2 Å². The first kappa shape index (κ1) is 24.4. The van der Waals surface area contributed by atoms with Gasteiger partial charge in [-0.05, 0) is 34.9 Å².